The monoisotopic (exact) mass is 716 g/mol. The molecule has 3 atom stereocenters. The second-order valence-electron chi connectivity index (χ2n) is 14.2. The molecule has 2 aliphatic heterocycles. The Labute approximate surface area is 299 Å². The number of rotatable bonds is 11. The number of aromatic nitrogens is 6. The van der Waals surface area contributed by atoms with E-state index in [1.807, 2.05) is 69.3 Å². The first-order valence-electron chi connectivity index (χ1n) is 17.2. The number of nitrogens with zero attached hydrogens (tertiary/aromatic N) is 8. The standard InChI is InChI=1S/C37H42F2N8O5/c1-36(2,3)34(48)21-47-35(49)46(25-41-47)29-7-5-27(6-8-29)43-16-18-44(19-17-43)28-9-11-30(12-10-28)50-22-31-23-51-37(52-31,24-45-15-14-40-42-45)32-13-4-26(38)20-33(32)39/h4-15,20,25,31,34,48H,16-19,21-24H2,1-3H3. The van der Waals surface area contributed by atoms with Crippen molar-refractivity contribution in [3.8, 4) is 11.4 Å². The van der Waals surface area contributed by atoms with Crippen molar-refractivity contribution < 1.29 is 28.1 Å². The van der Waals surface area contributed by atoms with Crippen molar-refractivity contribution in [1.82, 2.24) is 29.3 Å². The molecule has 0 saturated carbocycles. The Morgan fingerprint density at radius 1 is 0.962 bits per heavy atom. The Bertz CT molecular complexity index is 2010. The summed E-state index contributed by atoms with van der Waals surface area (Å²) in [5, 5.41) is 22.4. The fraction of sp³-hybridized carbons (Fsp3) is 0.405. The molecule has 5 aromatic rings. The molecule has 2 aromatic heterocycles. The average Bonchev–Trinajstić information content (AvgIpc) is 3.89. The van der Waals surface area contributed by atoms with Crippen molar-refractivity contribution in [3.63, 3.8) is 0 Å². The van der Waals surface area contributed by atoms with Gasteiger partial charge in [0.2, 0.25) is 5.79 Å². The van der Waals surface area contributed by atoms with Crippen LogP contribution in [0.3, 0.4) is 0 Å². The van der Waals surface area contributed by atoms with Crippen LogP contribution in [0, 0.1) is 17.0 Å². The van der Waals surface area contributed by atoms with Gasteiger partial charge in [-0.05, 0) is 66.1 Å². The highest BCUT2D eigenvalue weighted by atomic mass is 19.1. The summed E-state index contributed by atoms with van der Waals surface area (Å²) in [5.41, 5.74) is 2.29. The van der Waals surface area contributed by atoms with Gasteiger partial charge in [-0.15, -0.1) is 5.10 Å². The van der Waals surface area contributed by atoms with Crippen LogP contribution in [0.4, 0.5) is 20.2 Å². The van der Waals surface area contributed by atoms with Crippen LogP contribution in [0.15, 0.2) is 90.2 Å². The number of aliphatic hydroxyl groups excluding tert-OH is 1. The number of hydrogen-bond donors (Lipinski definition) is 1. The second-order valence-corrected chi connectivity index (χ2v) is 14.2. The Morgan fingerprint density at radius 2 is 1.62 bits per heavy atom. The summed E-state index contributed by atoms with van der Waals surface area (Å²) in [6.45, 7) is 9.53. The molecule has 0 bridgehead atoms. The molecule has 1 N–H and O–H groups in total. The molecule has 52 heavy (non-hydrogen) atoms. The van der Waals surface area contributed by atoms with Crippen LogP contribution < -0.4 is 20.2 Å². The fourth-order valence-corrected chi connectivity index (χ4v) is 6.35. The van der Waals surface area contributed by atoms with Gasteiger partial charge in [0.15, 0.2) is 0 Å². The number of anilines is 2. The third-order valence-electron chi connectivity index (χ3n) is 9.53. The van der Waals surface area contributed by atoms with Gasteiger partial charge in [0.25, 0.3) is 0 Å². The van der Waals surface area contributed by atoms with E-state index in [-0.39, 0.29) is 43.0 Å². The quantitative estimate of drug-likeness (QED) is 0.215. The fourth-order valence-electron chi connectivity index (χ4n) is 6.35. The number of piperazine rings is 1. The molecular weight excluding hydrogens is 674 g/mol. The van der Waals surface area contributed by atoms with Crippen LogP contribution in [0.2, 0.25) is 0 Å². The van der Waals surface area contributed by atoms with Gasteiger partial charge in [0, 0.05) is 55.4 Å². The van der Waals surface area contributed by atoms with E-state index in [0.717, 1.165) is 43.6 Å². The van der Waals surface area contributed by atoms with E-state index < -0.39 is 29.6 Å². The largest absolute Gasteiger partial charge is 0.491 e. The van der Waals surface area contributed by atoms with Gasteiger partial charge in [-0.2, -0.15) is 5.10 Å². The summed E-state index contributed by atoms with van der Waals surface area (Å²) in [5.74, 6) is -2.33. The lowest BCUT2D eigenvalue weighted by atomic mass is 9.89. The normalized spacial score (nSPS) is 20.0. The van der Waals surface area contributed by atoms with E-state index in [1.165, 1.54) is 38.6 Å². The minimum atomic E-state index is -1.52. The van der Waals surface area contributed by atoms with Crippen molar-refractivity contribution in [2.75, 3.05) is 49.2 Å². The Hall–Kier alpha value is -5.12. The molecule has 15 heteroatoms. The predicted molar refractivity (Wildman–Crippen MR) is 189 cm³/mol. The molecule has 274 valence electrons. The minimum absolute atomic E-state index is 0.0254. The number of benzene rings is 3. The molecule has 3 aromatic carbocycles. The first-order valence-corrected chi connectivity index (χ1v) is 17.2. The minimum Gasteiger partial charge on any atom is -0.491 e. The van der Waals surface area contributed by atoms with Gasteiger partial charge < -0.3 is 29.1 Å². The Morgan fingerprint density at radius 3 is 2.23 bits per heavy atom. The average molecular weight is 717 g/mol. The lowest BCUT2D eigenvalue weighted by molar-refractivity contribution is -0.192. The topological polar surface area (TPSA) is 125 Å². The predicted octanol–water partition coefficient (Wildman–Crippen LogP) is 3.98. The van der Waals surface area contributed by atoms with E-state index in [2.05, 4.69) is 25.2 Å². The molecular formula is C37H42F2N8O5. The molecule has 7 rings (SSSR count). The maximum absolute atomic E-state index is 14.9. The van der Waals surface area contributed by atoms with Gasteiger partial charge in [-0.1, -0.05) is 26.0 Å². The van der Waals surface area contributed by atoms with Crippen molar-refractivity contribution in [3.05, 3.63) is 113 Å². The third-order valence-corrected chi connectivity index (χ3v) is 9.53. The van der Waals surface area contributed by atoms with Crippen LogP contribution in [-0.2, 0) is 28.4 Å². The Balaban J connectivity index is 0.914. The Kier molecular flexibility index (Phi) is 9.83. The van der Waals surface area contributed by atoms with E-state index in [9.17, 15) is 18.7 Å². The van der Waals surface area contributed by atoms with Gasteiger partial charge in [-0.3, -0.25) is 0 Å². The number of halogens is 2. The van der Waals surface area contributed by atoms with E-state index in [0.29, 0.717) is 11.4 Å². The van der Waals surface area contributed by atoms with Gasteiger partial charge in [0.1, 0.15) is 43.0 Å². The zero-order valence-electron chi connectivity index (χ0n) is 29.3. The third kappa shape index (κ3) is 7.56. The lowest BCUT2D eigenvalue weighted by Gasteiger charge is -2.37. The first-order chi connectivity index (χ1) is 25.0. The number of aliphatic hydroxyl groups is 1. The van der Waals surface area contributed by atoms with Gasteiger partial charge >= 0.3 is 5.69 Å². The molecule has 0 amide bonds. The molecule has 3 unspecified atom stereocenters. The molecule has 0 spiro atoms. The van der Waals surface area contributed by atoms with Gasteiger partial charge in [0.05, 0.1) is 31.1 Å². The highest BCUT2D eigenvalue weighted by Gasteiger charge is 2.46. The second kappa shape index (κ2) is 14.5. The summed E-state index contributed by atoms with van der Waals surface area (Å²) in [4.78, 5) is 17.6. The maximum Gasteiger partial charge on any atom is 0.350 e. The summed E-state index contributed by atoms with van der Waals surface area (Å²) < 4.78 is 51.1. The van der Waals surface area contributed by atoms with Gasteiger partial charge in [-0.25, -0.2) is 27.5 Å². The van der Waals surface area contributed by atoms with Crippen LogP contribution in [0.1, 0.15) is 26.3 Å². The first kappa shape index (κ1) is 35.3. The summed E-state index contributed by atoms with van der Waals surface area (Å²) in [7, 11) is 0. The zero-order valence-corrected chi connectivity index (χ0v) is 29.3. The number of hydrogen-bond acceptors (Lipinski definition) is 10. The summed E-state index contributed by atoms with van der Waals surface area (Å²) in [6, 6.07) is 19.0. The van der Waals surface area contributed by atoms with Crippen LogP contribution in [0.25, 0.3) is 5.69 Å². The maximum atomic E-state index is 14.9. The van der Waals surface area contributed by atoms with Crippen molar-refractivity contribution in [1.29, 1.82) is 0 Å². The molecule has 4 heterocycles. The molecule has 13 nitrogen and oxygen atoms in total. The highest BCUT2D eigenvalue weighted by molar-refractivity contribution is 5.54. The molecule has 0 radical (unpaired) electrons. The SMILES string of the molecule is CC(C)(C)C(O)Cn1ncn(-c2ccc(N3CCN(c4ccc(OCC5COC(Cn6ccnn6)(c6ccc(F)cc6F)O5)cc4)CC3)cc2)c1=O. The summed E-state index contributed by atoms with van der Waals surface area (Å²) >= 11 is 0. The van der Waals surface area contributed by atoms with E-state index in [4.69, 9.17) is 14.2 Å². The molecule has 2 saturated heterocycles. The highest BCUT2D eigenvalue weighted by Crippen LogP contribution is 2.38. The molecule has 0 aliphatic carbocycles. The smallest absolute Gasteiger partial charge is 0.350 e. The van der Waals surface area contributed by atoms with Crippen LogP contribution >= 0.6 is 0 Å². The lowest BCUT2D eigenvalue weighted by Crippen LogP contribution is -2.46. The molecule has 2 fully saturated rings. The number of ether oxygens (including phenoxy) is 3. The van der Waals surface area contributed by atoms with Crippen LogP contribution in [-0.4, -0.2) is 86.0 Å². The summed E-state index contributed by atoms with van der Waals surface area (Å²) in [6.07, 6.45) is 3.39. The van der Waals surface area contributed by atoms with Crippen molar-refractivity contribution in [2.24, 2.45) is 5.41 Å². The zero-order chi connectivity index (χ0) is 36.5. The van der Waals surface area contributed by atoms with E-state index in [1.54, 1.807) is 6.20 Å². The van der Waals surface area contributed by atoms with Crippen molar-refractivity contribution >= 4 is 11.4 Å². The molecule has 2 aliphatic rings. The van der Waals surface area contributed by atoms with Crippen LogP contribution in [0.5, 0.6) is 5.75 Å². The van der Waals surface area contributed by atoms with E-state index >= 15 is 0 Å². The van der Waals surface area contributed by atoms with Crippen molar-refractivity contribution in [2.45, 2.75) is 51.9 Å².